The molecular formula is C13H19IN4S. The van der Waals surface area contributed by atoms with Gasteiger partial charge in [-0.05, 0) is 47.9 Å². The van der Waals surface area contributed by atoms with Gasteiger partial charge in [-0.1, -0.05) is 20.7 Å². The Kier molecular flexibility index (Phi) is 7.22. The number of aliphatic imine (C=N–C) groups is 1. The first kappa shape index (κ1) is 16.3. The topological polar surface area (TPSA) is 40.3 Å². The van der Waals surface area contributed by atoms with Crippen molar-refractivity contribution in [3.05, 3.63) is 24.3 Å². The van der Waals surface area contributed by atoms with Gasteiger partial charge in [-0.15, -0.1) is 10.2 Å². The summed E-state index contributed by atoms with van der Waals surface area (Å²) in [4.78, 5) is 8.37. The van der Waals surface area contributed by atoms with Crippen LogP contribution in [-0.2, 0) is 0 Å². The Morgan fingerprint density at radius 3 is 2.32 bits per heavy atom. The summed E-state index contributed by atoms with van der Waals surface area (Å²) in [5.41, 5.74) is 2.04. The van der Waals surface area contributed by atoms with Gasteiger partial charge in [0.1, 0.15) is 0 Å². The van der Waals surface area contributed by atoms with Crippen LogP contribution in [0.1, 0.15) is 6.92 Å². The molecule has 1 aromatic carbocycles. The lowest BCUT2D eigenvalue weighted by Gasteiger charge is -2.11. The van der Waals surface area contributed by atoms with Crippen molar-refractivity contribution < 1.29 is 0 Å². The molecule has 0 fully saturated rings. The first-order valence-corrected chi connectivity index (χ1v) is 9.79. The summed E-state index contributed by atoms with van der Waals surface area (Å²) < 4.78 is 1.08. The molecule has 0 amide bonds. The minimum atomic E-state index is -0.0834. The highest BCUT2D eigenvalue weighted by atomic mass is 127. The van der Waals surface area contributed by atoms with Crippen LogP contribution in [0.3, 0.4) is 0 Å². The molecule has 0 spiro atoms. The molecule has 6 heteroatoms. The third kappa shape index (κ3) is 5.82. The molecule has 0 atom stereocenters. The first-order chi connectivity index (χ1) is 9.06. The summed E-state index contributed by atoms with van der Waals surface area (Å²) >= 11 is 1.54. The van der Waals surface area contributed by atoms with Crippen molar-refractivity contribution in [2.24, 2.45) is 15.2 Å². The zero-order valence-corrected chi connectivity index (χ0v) is 14.9. The van der Waals surface area contributed by atoms with Crippen LogP contribution in [0.2, 0.25) is 0 Å². The molecule has 0 bridgehead atoms. The zero-order valence-electron chi connectivity index (χ0n) is 11.9. The lowest BCUT2D eigenvalue weighted by molar-refractivity contribution is 1.13. The number of hydrogen-bond donors (Lipinski definition) is 0. The lowest BCUT2D eigenvalue weighted by atomic mass is 10.3. The molecule has 1 aromatic rings. The van der Waals surface area contributed by atoms with E-state index in [4.69, 9.17) is 0 Å². The number of alkyl halides is 1. The number of hydrogen-bond acceptors (Lipinski definition) is 5. The van der Waals surface area contributed by atoms with E-state index in [1.165, 1.54) is 0 Å². The maximum atomic E-state index is 4.33. The maximum absolute atomic E-state index is 4.33. The van der Waals surface area contributed by atoms with Crippen molar-refractivity contribution in [1.82, 2.24) is 0 Å². The molecule has 1 rings (SSSR count). The van der Waals surface area contributed by atoms with E-state index in [1.807, 2.05) is 45.3 Å². The number of thioether (sulfide) groups is 1. The molecule has 0 N–H and O–H groups in total. The fourth-order valence-corrected chi connectivity index (χ4v) is 3.61. The summed E-state index contributed by atoms with van der Waals surface area (Å²) in [7, 11) is 5.84. The summed E-state index contributed by atoms with van der Waals surface area (Å²) in [5, 5.41) is 9.65. The van der Waals surface area contributed by atoms with Crippen LogP contribution in [0, 0.1) is 0 Å². The average molecular weight is 390 g/mol. The van der Waals surface area contributed by atoms with Gasteiger partial charge in [0.25, 0.3) is 0 Å². The highest BCUT2D eigenvalue weighted by Gasteiger charge is 1.99. The highest BCUT2D eigenvalue weighted by molar-refractivity contribution is 14.2. The van der Waals surface area contributed by atoms with Crippen LogP contribution in [0.4, 0.5) is 11.4 Å². The van der Waals surface area contributed by atoms with Crippen molar-refractivity contribution in [1.29, 1.82) is 0 Å². The summed E-state index contributed by atoms with van der Waals surface area (Å²) in [6.07, 6.45) is 0. The Morgan fingerprint density at radius 1 is 1.21 bits per heavy atom. The van der Waals surface area contributed by atoms with Crippen molar-refractivity contribution in [3.8, 4) is 0 Å². The van der Waals surface area contributed by atoms with Crippen LogP contribution in [0.5, 0.6) is 0 Å². The van der Waals surface area contributed by atoms with Gasteiger partial charge in [-0.2, -0.15) is 0 Å². The van der Waals surface area contributed by atoms with Crippen LogP contribution in [0.25, 0.3) is 0 Å². The normalized spacial score (nSPS) is 13.5. The summed E-state index contributed by atoms with van der Waals surface area (Å²) in [6.45, 7) is 1.99. The Labute approximate surface area is 129 Å². The minimum absolute atomic E-state index is 0.0834. The summed E-state index contributed by atoms with van der Waals surface area (Å²) in [5.74, 6) is 0. The fourth-order valence-electron chi connectivity index (χ4n) is 1.18. The third-order valence-electron chi connectivity index (χ3n) is 2.32. The van der Waals surface area contributed by atoms with Gasteiger partial charge in [0, 0.05) is 26.8 Å². The first-order valence-electron chi connectivity index (χ1n) is 5.73. The molecule has 0 aromatic heterocycles. The van der Waals surface area contributed by atoms with E-state index >= 15 is 0 Å². The van der Waals surface area contributed by atoms with Crippen LogP contribution >= 0.6 is 32.5 Å². The number of benzene rings is 1. The number of nitrogens with zero attached hydrogens (tertiary/aromatic N) is 4. The largest absolute Gasteiger partial charge is 0.378 e. The van der Waals surface area contributed by atoms with Gasteiger partial charge in [0.2, 0.25) is 0 Å². The number of azo groups is 1. The third-order valence-corrected chi connectivity index (χ3v) is 5.88. The predicted octanol–water partition coefficient (Wildman–Crippen LogP) is 4.31. The molecule has 0 saturated carbocycles. The minimum Gasteiger partial charge on any atom is -0.378 e. The molecule has 19 heavy (non-hydrogen) atoms. The van der Waals surface area contributed by atoms with E-state index < -0.39 is 0 Å². The van der Waals surface area contributed by atoms with Gasteiger partial charge in [0.15, 0.2) is 2.96 Å². The van der Waals surface area contributed by atoms with E-state index in [0.29, 0.717) is 0 Å². The average Bonchev–Trinajstić information content (AvgIpc) is 2.43. The Balaban J connectivity index is 2.74. The monoisotopic (exact) mass is 390 g/mol. The van der Waals surface area contributed by atoms with E-state index in [0.717, 1.165) is 19.4 Å². The number of rotatable bonds is 4. The Hall–Kier alpha value is -0.760. The van der Waals surface area contributed by atoms with E-state index in [1.54, 1.807) is 18.8 Å². The quantitative estimate of drug-likeness (QED) is 0.253. The molecule has 104 valence electrons. The SMILES string of the molecule is CN=C(C)SC(N=Nc1ccc(N(C)C)cc1)=IC. The zero-order chi connectivity index (χ0) is 14.3. The van der Waals surface area contributed by atoms with E-state index in [-0.39, 0.29) is 20.7 Å². The molecule has 0 saturated heterocycles. The second-order valence-electron chi connectivity index (χ2n) is 3.90. The Bertz CT molecular complexity index is 492. The molecule has 0 heterocycles. The van der Waals surface area contributed by atoms with Gasteiger partial charge >= 0.3 is 0 Å². The summed E-state index contributed by atoms with van der Waals surface area (Å²) in [6, 6.07) is 8.05. The van der Waals surface area contributed by atoms with Crippen molar-refractivity contribution >= 4 is 51.9 Å². The van der Waals surface area contributed by atoms with E-state index in [2.05, 4.69) is 25.1 Å². The molecule has 4 nitrogen and oxygen atoms in total. The van der Waals surface area contributed by atoms with Crippen LogP contribution < -0.4 is 4.90 Å². The lowest BCUT2D eigenvalue weighted by Crippen LogP contribution is -2.07. The van der Waals surface area contributed by atoms with Gasteiger partial charge in [0.05, 0.1) is 10.7 Å². The van der Waals surface area contributed by atoms with E-state index in [9.17, 15) is 0 Å². The van der Waals surface area contributed by atoms with Crippen molar-refractivity contribution in [2.45, 2.75) is 6.92 Å². The number of halogens is 1. The van der Waals surface area contributed by atoms with Crippen molar-refractivity contribution in [2.75, 3.05) is 31.0 Å². The predicted molar refractivity (Wildman–Crippen MR) is 96.9 cm³/mol. The Morgan fingerprint density at radius 2 is 1.84 bits per heavy atom. The number of anilines is 1. The molecule has 0 aliphatic carbocycles. The second-order valence-corrected chi connectivity index (χ2v) is 7.91. The van der Waals surface area contributed by atoms with Crippen LogP contribution in [0.15, 0.2) is 39.5 Å². The van der Waals surface area contributed by atoms with Crippen LogP contribution in [-0.4, -0.2) is 34.1 Å². The molecule has 0 unspecified atom stereocenters. The van der Waals surface area contributed by atoms with Gasteiger partial charge in [-0.3, -0.25) is 4.99 Å². The molecule has 0 radical (unpaired) electrons. The maximum Gasteiger partial charge on any atom is 0.152 e. The highest BCUT2D eigenvalue weighted by Crippen LogP contribution is 2.21. The smallest absolute Gasteiger partial charge is 0.152 e. The fraction of sp³-hybridized carbons (Fsp3) is 0.385. The standard InChI is InChI=1S/C13H19IN4S/c1-10(15-3)19-13(14-2)17-16-11-6-8-12(9-7-11)18(4)5/h6-9H,1-5H3. The molecular weight excluding hydrogens is 371 g/mol. The van der Waals surface area contributed by atoms with Crippen molar-refractivity contribution in [3.63, 3.8) is 0 Å². The second kappa shape index (κ2) is 8.42. The molecule has 0 aliphatic rings. The van der Waals surface area contributed by atoms with Gasteiger partial charge in [-0.25, -0.2) is 0 Å². The van der Waals surface area contributed by atoms with Gasteiger partial charge < -0.3 is 4.90 Å². The molecule has 0 aliphatic heterocycles.